The van der Waals surface area contributed by atoms with E-state index < -0.39 is 17.5 Å². The summed E-state index contributed by atoms with van der Waals surface area (Å²) in [4.78, 5) is 14.4. The minimum Gasteiger partial charge on any atom is -0.393 e. The molecule has 0 aromatic heterocycles. The number of rotatable bonds is 3. The molecule has 1 amide bonds. The van der Waals surface area contributed by atoms with E-state index in [9.17, 15) is 18.7 Å². The second-order valence-corrected chi connectivity index (χ2v) is 5.81. The summed E-state index contributed by atoms with van der Waals surface area (Å²) in [6.45, 7) is 1.36. The number of aliphatic hydroxyl groups is 1. The van der Waals surface area contributed by atoms with E-state index in [4.69, 9.17) is 0 Å². The highest BCUT2D eigenvalue weighted by Gasteiger charge is 2.20. The van der Waals surface area contributed by atoms with Gasteiger partial charge in [0.2, 0.25) is 0 Å². The molecule has 0 unspecified atom stereocenters. The molecule has 0 aliphatic carbocycles. The second-order valence-electron chi connectivity index (χ2n) is 5.81. The van der Waals surface area contributed by atoms with Crippen LogP contribution in [-0.4, -0.2) is 30.2 Å². The van der Waals surface area contributed by atoms with E-state index in [1.807, 2.05) is 12.1 Å². The zero-order valence-corrected chi connectivity index (χ0v) is 13.0. The third kappa shape index (κ3) is 3.54. The van der Waals surface area contributed by atoms with Gasteiger partial charge in [0.15, 0.2) is 0 Å². The van der Waals surface area contributed by atoms with Crippen LogP contribution >= 0.6 is 0 Å². The predicted molar refractivity (Wildman–Crippen MR) is 88.2 cm³/mol. The fourth-order valence-corrected chi connectivity index (χ4v) is 2.83. The van der Waals surface area contributed by atoms with Gasteiger partial charge in [0.25, 0.3) is 5.91 Å². The number of carbonyl (C=O) groups excluding carboxylic acids is 1. The Bertz CT molecular complexity index is 744. The van der Waals surface area contributed by atoms with Gasteiger partial charge in [-0.2, -0.15) is 0 Å². The number of anilines is 2. The van der Waals surface area contributed by atoms with E-state index >= 15 is 0 Å². The van der Waals surface area contributed by atoms with Crippen molar-refractivity contribution in [2.45, 2.75) is 18.9 Å². The Morgan fingerprint density at radius 2 is 1.83 bits per heavy atom. The average Bonchev–Trinajstić information content (AvgIpc) is 2.56. The number of amides is 1. The Morgan fingerprint density at radius 3 is 2.54 bits per heavy atom. The number of piperidine rings is 1. The van der Waals surface area contributed by atoms with Gasteiger partial charge in [0.05, 0.1) is 23.0 Å². The lowest BCUT2D eigenvalue weighted by molar-refractivity contribution is 0.102. The second kappa shape index (κ2) is 6.97. The molecule has 126 valence electrons. The lowest BCUT2D eigenvalue weighted by Gasteiger charge is -2.32. The maximum Gasteiger partial charge on any atom is 0.258 e. The molecule has 1 aliphatic heterocycles. The summed E-state index contributed by atoms with van der Waals surface area (Å²) in [5.41, 5.74) is 1.17. The summed E-state index contributed by atoms with van der Waals surface area (Å²) in [6, 6.07) is 10.1. The number of para-hydroxylation sites is 2. The van der Waals surface area contributed by atoms with Crippen molar-refractivity contribution in [2.24, 2.45) is 0 Å². The summed E-state index contributed by atoms with van der Waals surface area (Å²) in [5.74, 6) is -2.25. The minimum absolute atomic E-state index is 0.208. The quantitative estimate of drug-likeness (QED) is 0.908. The molecule has 24 heavy (non-hydrogen) atoms. The molecule has 0 radical (unpaired) electrons. The first-order valence-electron chi connectivity index (χ1n) is 7.83. The lowest BCUT2D eigenvalue weighted by atomic mass is 10.1. The van der Waals surface area contributed by atoms with Crippen molar-refractivity contribution in [3.05, 3.63) is 59.7 Å². The molecule has 3 rings (SSSR count). The van der Waals surface area contributed by atoms with Crippen molar-refractivity contribution >= 4 is 17.3 Å². The number of nitrogens with zero attached hydrogens (tertiary/aromatic N) is 1. The third-order valence-corrected chi connectivity index (χ3v) is 4.13. The average molecular weight is 332 g/mol. The van der Waals surface area contributed by atoms with Gasteiger partial charge >= 0.3 is 0 Å². The molecule has 1 fully saturated rings. The van der Waals surface area contributed by atoms with Crippen LogP contribution in [0.25, 0.3) is 0 Å². The summed E-state index contributed by atoms with van der Waals surface area (Å²) < 4.78 is 26.7. The van der Waals surface area contributed by atoms with Crippen LogP contribution in [-0.2, 0) is 0 Å². The van der Waals surface area contributed by atoms with Gasteiger partial charge in [-0.3, -0.25) is 4.79 Å². The van der Waals surface area contributed by atoms with Crippen LogP contribution in [0.15, 0.2) is 42.5 Å². The van der Waals surface area contributed by atoms with E-state index in [-0.39, 0.29) is 11.7 Å². The SMILES string of the molecule is O=C(Nc1ccccc1N1CCC(O)CC1)c1ccc(F)cc1F. The molecule has 0 atom stereocenters. The van der Waals surface area contributed by atoms with Gasteiger partial charge < -0.3 is 15.3 Å². The van der Waals surface area contributed by atoms with Gasteiger partial charge in [-0.25, -0.2) is 8.78 Å². The van der Waals surface area contributed by atoms with Crippen LogP contribution < -0.4 is 10.2 Å². The number of carbonyl (C=O) groups is 1. The Kier molecular flexibility index (Phi) is 4.76. The van der Waals surface area contributed by atoms with Crippen LogP contribution in [0.2, 0.25) is 0 Å². The highest BCUT2D eigenvalue weighted by atomic mass is 19.1. The highest BCUT2D eigenvalue weighted by Crippen LogP contribution is 2.29. The monoisotopic (exact) mass is 332 g/mol. The zero-order chi connectivity index (χ0) is 17.1. The predicted octanol–water partition coefficient (Wildman–Crippen LogP) is 3.18. The first-order valence-corrected chi connectivity index (χ1v) is 7.83. The summed E-state index contributed by atoms with van der Waals surface area (Å²) in [6.07, 6.45) is 1.03. The Morgan fingerprint density at radius 1 is 1.12 bits per heavy atom. The molecule has 1 aliphatic rings. The van der Waals surface area contributed by atoms with Crippen molar-refractivity contribution < 1.29 is 18.7 Å². The van der Waals surface area contributed by atoms with Gasteiger partial charge in [-0.15, -0.1) is 0 Å². The van der Waals surface area contributed by atoms with E-state index in [2.05, 4.69) is 10.2 Å². The molecule has 2 aromatic rings. The van der Waals surface area contributed by atoms with Crippen molar-refractivity contribution in [1.29, 1.82) is 0 Å². The standard InChI is InChI=1S/C18H18F2N2O2/c19-12-5-6-14(15(20)11-12)18(24)21-16-3-1-2-4-17(16)22-9-7-13(23)8-10-22/h1-6,11,13,23H,7-10H2,(H,21,24). The maximum absolute atomic E-state index is 13.8. The molecule has 4 nitrogen and oxygen atoms in total. The van der Waals surface area contributed by atoms with Crippen molar-refractivity contribution in [3.63, 3.8) is 0 Å². The van der Waals surface area contributed by atoms with Crippen molar-refractivity contribution in [1.82, 2.24) is 0 Å². The fraction of sp³-hybridized carbons (Fsp3) is 0.278. The number of hydrogen-bond acceptors (Lipinski definition) is 3. The van der Waals surface area contributed by atoms with Crippen LogP contribution in [0.3, 0.4) is 0 Å². The minimum atomic E-state index is -0.897. The lowest BCUT2D eigenvalue weighted by Crippen LogP contribution is -2.36. The molecule has 2 N–H and O–H groups in total. The van der Waals surface area contributed by atoms with E-state index in [1.165, 1.54) is 0 Å². The van der Waals surface area contributed by atoms with Crippen molar-refractivity contribution in [3.8, 4) is 0 Å². The summed E-state index contributed by atoms with van der Waals surface area (Å²) in [7, 11) is 0. The zero-order valence-electron chi connectivity index (χ0n) is 13.0. The van der Waals surface area contributed by atoms with Crippen molar-refractivity contribution in [2.75, 3.05) is 23.3 Å². The molecule has 2 aromatic carbocycles. The van der Waals surface area contributed by atoms with Gasteiger partial charge in [0.1, 0.15) is 11.6 Å². The maximum atomic E-state index is 13.8. The van der Waals surface area contributed by atoms with Crippen LogP contribution in [0, 0.1) is 11.6 Å². The first kappa shape index (κ1) is 16.4. The number of halogens is 2. The third-order valence-electron chi connectivity index (χ3n) is 4.13. The number of benzene rings is 2. The molecular formula is C18H18F2N2O2. The first-order chi connectivity index (χ1) is 11.5. The van der Waals surface area contributed by atoms with Crippen LogP contribution in [0.5, 0.6) is 0 Å². The summed E-state index contributed by atoms with van der Waals surface area (Å²) in [5, 5.41) is 12.3. The molecule has 0 bridgehead atoms. The normalized spacial score (nSPS) is 15.4. The number of nitrogens with one attached hydrogen (secondary N) is 1. The van der Waals surface area contributed by atoms with Crippen LogP contribution in [0.4, 0.5) is 20.2 Å². The smallest absolute Gasteiger partial charge is 0.258 e. The Hall–Kier alpha value is -2.47. The van der Waals surface area contributed by atoms with Gasteiger partial charge in [0, 0.05) is 19.2 Å². The van der Waals surface area contributed by atoms with E-state index in [0.29, 0.717) is 37.7 Å². The van der Waals surface area contributed by atoms with Gasteiger partial charge in [-0.1, -0.05) is 12.1 Å². The fourth-order valence-electron chi connectivity index (χ4n) is 2.83. The highest BCUT2D eigenvalue weighted by molar-refractivity contribution is 6.06. The molecular weight excluding hydrogens is 314 g/mol. The Balaban J connectivity index is 1.81. The summed E-state index contributed by atoms with van der Waals surface area (Å²) >= 11 is 0. The molecule has 0 spiro atoms. The van der Waals surface area contributed by atoms with Crippen LogP contribution in [0.1, 0.15) is 23.2 Å². The largest absolute Gasteiger partial charge is 0.393 e. The molecule has 6 heteroatoms. The Labute approximate surface area is 138 Å². The molecule has 1 saturated heterocycles. The topological polar surface area (TPSA) is 52.6 Å². The molecule has 1 heterocycles. The number of hydrogen-bond donors (Lipinski definition) is 2. The van der Waals surface area contributed by atoms with E-state index in [0.717, 1.165) is 17.8 Å². The molecule has 0 saturated carbocycles. The number of aliphatic hydroxyl groups excluding tert-OH is 1. The van der Waals surface area contributed by atoms with E-state index in [1.54, 1.807) is 12.1 Å². The van der Waals surface area contributed by atoms with Gasteiger partial charge in [-0.05, 0) is 37.1 Å².